The number of hydrogen-bond donors (Lipinski definition) is 0. The summed E-state index contributed by atoms with van der Waals surface area (Å²) in [6.07, 6.45) is 0. The molecule has 0 amide bonds. The Morgan fingerprint density at radius 3 is 1.86 bits per heavy atom. The second-order valence-electron chi connectivity index (χ2n) is 5.15. The van der Waals surface area contributed by atoms with Gasteiger partial charge in [0.05, 0.1) is 12.1 Å². The van der Waals surface area contributed by atoms with Gasteiger partial charge in [-0.3, -0.25) is 5.01 Å². The molecule has 0 radical (unpaired) electrons. The standard InChI is InChI=1S/C11H23N3/c1-7(2)10-11(8(3)4)14(9(5)6)13-12-10/h7-11H,1-6H3. The molecule has 0 aromatic heterocycles. The molecule has 0 bridgehead atoms. The molecule has 82 valence electrons. The third-order valence-corrected chi connectivity index (χ3v) is 2.84. The van der Waals surface area contributed by atoms with Crippen LogP contribution in [0.3, 0.4) is 0 Å². The highest BCUT2D eigenvalue weighted by Crippen LogP contribution is 2.30. The first-order chi connectivity index (χ1) is 6.45. The summed E-state index contributed by atoms with van der Waals surface area (Å²) >= 11 is 0. The van der Waals surface area contributed by atoms with E-state index in [4.69, 9.17) is 0 Å². The number of rotatable bonds is 3. The van der Waals surface area contributed by atoms with Gasteiger partial charge in [-0.05, 0) is 25.7 Å². The Labute approximate surface area is 87.6 Å². The molecular weight excluding hydrogens is 174 g/mol. The van der Waals surface area contributed by atoms with Crippen molar-refractivity contribution < 1.29 is 0 Å². The fraction of sp³-hybridized carbons (Fsp3) is 1.00. The Balaban J connectivity index is 2.79. The molecule has 3 nitrogen and oxygen atoms in total. The molecule has 0 fully saturated rings. The zero-order chi connectivity index (χ0) is 10.9. The zero-order valence-corrected chi connectivity index (χ0v) is 10.2. The second kappa shape index (κ2) is 4.28. The Hall–Kier alpha value is -0.600. The Kier molecular flexibility index (Phi) is 3.51. The lowest BCUT2D eigenvalue weighted by Gasteiger charge is -2.32. The normalized spacial score (nSPS) is 27.4. The van der Waals surface area contributed by atoms with Crippen LogP contribution in [0.1, 0.15) is 41.5 Å². The average Bonchev–Trinajstić information content (AvgIpc) is 2.46. The molecule has 1 heterocycles. The van der Waals surface area contributed by atoms with Gasteiger partial charge in [0.15, 0.2) is 0 Å². The molecule has 1 rings (SSSR count). The van der Waals surface area contributed by atoms with Crippen molar-refractivity contribution in [1.82, 2.24) is 5.01 Å². The highest BCUT2D eigenvalue weighted by Gasteiger charge is 2.37. The minimum absolute atomic E-state index is 0.373. The van der Waals surface area contributed by atoms with E-state index in [0.29, 0.717) is 30.0 Å². The van der Waals surface area contributed by atoms with Gasteiger partial charge in [-0.2, -0.15) is 5.11 Å². The van der Waals surface area contributed by atoms with Gasteiger partial charge in [0.1, 0.15) is 0 Å². The molecule has 1 aliphatic rings. The third-order valence-electron chi connectivity index (χ3n) is 2.84. The predicted octanol–water partition coefficient (Wildman–Crippen LogP) is 3.13. The van der Waals surface area contributed by atoms with Crippen molar-refractivity contribution in [3.63, 3.8) is 0 Å². The molecule has 0 spiro atoms. The van der Waals surface area contributed by atoms with Gasteiger partial charge in [0.2, 0.25) is 0 Å². The summed E-state index contributed by atoms with van der Waals surface area (Å²) in [6, 6.07) is 1.31. The summed E-state index contributed by atoms with van der Waals surface area (Å²) in [7, 11) is 0. The lowest BCUT2D eigenvalue weighted by molar-refractivity contribution is 0.126. The molecule has 0 N–H and O–H groups in total. The van der Waals surface area contributed by atoms with Crippen molar-refractivity contribution in [2.24, 2.45) is 22.2 Å². The Morgan fingerprint density at radius 2 is 1.50 bits per heavy atom. The van der Waals surface area contributed by atoms with Gasteiger partial charge in [0, 0.05) is 6.04 Å². The molecule has 1 aliphatic heterocycles. The van der Waals surface area contributed by atoms with Crippen molar-refractivity contribution in [2.45, 2.75) is 59.7 Å². The lowest BCUT2D eigenvalue weighted by atomic mass is 9.89. The summed E-state index contributed by atoms with van der Waals surface area (Å²) in [6.45, 7) is 13.3. The van der Waals surface area contributed by atoms with Crippen molar-refractivity contribution in [2.75, 3.05) is 0 Å². The number of nitrogens with zero attached hydrogens (tertiary/aromatic N) is 3. The maximum absolute atomic E-state index is 4.39. The van der Waals surface area contributed by atoms with E-state index in [0.717, 1.165) is 0 Å². The maximum Gasteiger partial charge on any atom is 0.0975 e. The molecule has 0 aromatic rings. The third kappa shape index (κ3) is 2.07. The van der Waals surface area contributed by atoms with E-state index < -0.39 is 0 Å². The van der Waals surface area contributed by atoms with Crippen LogP contribution in [-0.4, -0.2) is 23.1 Å². The van der Waals surface area contributed by atoms with Crippen molar-refractivity contribution in [3.8, 4) is 0 Å². The fourth-order valence-electron chi connectivity index (χ4n) is 2.08. The molecule has 0 saturated carbocycles. The average molecular weight is 197 g/mol. The summed E-state index contributed by atoms with van der Waals surface area (Å²) < 4.78 is 0. The van der Waals surface area contributed by atoms with Crippen LogP contribution in [0.25, 0.3) is 0 Å². The van der Waals surface area contributed by atoms with Gasteiger partial charge in [-0.15, -0.1) is 0 Å². The predicted molar refractivity (Wildman–Crippen MR) is 59.1 cm³/mol. The first-order valence-corrected chi connectivity index (χ1v) is 5.64. The van der Waals surface area contributed by atoms with Gasteiger partial charge >= 0.3 is 0 Å². The molecule has 0 aliphatic carbocycles. The van der Waals surface area contributed by atoms with Gasteiger partial charge in [0.25, 0.3) is 0 Å². The van der Waals surface area contributed by atoms with E-state index in [1.165, 1.54) is 0 Å². The molecule has 0 saturated heterocycles. The van der Waals surface area contributed by atoms with Crippen molar-refractivity contribution >= 4 is 0 Å². The maximum atomic E-state index is 4.39. The van der Waals surface area contributed by atoms with E-state index >= 15 is 0 Å². The van der Waals surface area contributed by atoms with Gasteiger partial charge in [-0.1, -0.05) is 32.9 Å². The van der Waals surface area contributed by atoms with E-state index in [9.17, 15) is 0 Å². The first-order valence-electron chi connectivity index (χ1n) is 5.64. The van der Waals surface area contributed by atoms with Crippen LogP contribution in [-0.2, 0) is 0 Å². The Morgan fingerprint density at radius 1 is 0.929 bits per heavy atom. The summed E-state index contributed by atoms with van der Waals surface area (Å²) in [5.74, 6) is 1.19. The van der Waals surface area contributed by atoms with Crippen molar-refractivity contribution in [1.29, 1.82) is 0 Å². The second-order valence-corrected chi connectivity index (χ2v) is 5.15. The van der Waals surface area contributed by atoms with Gasteiger partial charge in [-0.25, -0.2) is 0 Å². The highest BCUT2D eigenvalue weighted by molar-refractivity contribution is 4.91. The van der Waals surface area contributed by atoms with Crippen LogP contribution < -0.4 is 0 Å². The van der Waals surface area contributed by atoms with Crippen LogP contribution in [0, 0.1) is 11.8 Å². The summed E-state index contributed by atoms with van der Waals surface area (Å²) in [5, 5.41) is 10.9. The summed E-state index contributed by atoms with van der Waals surface area (Å²) in [4.78, 5) is 0. The molecule has 2 atom stereocenters. The van der Waals surface area contributed by atoms with E-state index in [2.05, 4.69) is 56.9 Å². The van der Waals surface area contributed by atoms with E-state index in [1.807, 2.05) is 0 Å². The SMILES string of the molecule is CC(C)C1N=NN(C(C)C)C1C(C)C. The first kappa shape index (κ1) is 11.5. The number of hydrogen-bond acceptors (Lipinski definition) is 3. The van der Waals surface area contributed by atoms with Crippen LogP contribution in [0.4, 0.5) is 0 Å². The van der Waals surface area contributed by atoms with Crippen LogP contribution >= 0.6 is 0 Å². The smallest absolute Gasteiger partial charge is 0.0975 e. The zero-order valence-electron chi connectivity index (χ0n) is 10.2. The van der Waals surface area contributed by atoms with Crippen LogP contribution in [0.5, 0.6) is 0 Å². The highest BCUT2D eigenvalue weighted by atomic mass is 15.6. The van der Waals surface area contributed by atoms with Crippen molar-refractivity contribution in [3.05, 3.63) is 0 Å². The van der Waals surface area contributed by atoms with Gasteiger partial charge < -0.3 is 0 Å². The minimum Gasteiger partial charge on any atom is -0.271 e. The molecule has 3 heteroatoms. The lowest BCUT2D eigenvalue weighted by Crippen LogP contribution is -2.44. The molecule has 0 aromatic carbocycles. The molecular formula is C11H23N3. The summed E-state index contributed by atoms with van der Waals surface area (Å²) in [5.41, 5.74) is 0. The molecule has 14 heavy (non-hydrogen) atoms. The molecule has 2 unspecified atom stereocenters. The quantitative estimate of drug-likeness (QED) is 0.683. The van der Waals surface area contributed by atoms with Crippen LogP contribution in [0.2, 0.25) is 0 Å². The Bertz CT molecular complexity index is 191. The van der Waals surface area contributed by atoms with Crippen LogP contribution in [0.15, 0.2) is 10.3 Å². The van der Waals surface area contributed by atoms with E-state index in [1.54, 1.807) is 0 Å². The largest absolute Gasteiger partial charge is 0.271 e. The van der Waals surface area contributed by atoms with E-state index in [-0.39, 0.29) is 0 Å². The monoisotopic (exact) mass is 197 g/mol. The minimum atomic E-state index is 0.373. The fourth-order valence-corrected chi connectivity index (χ4v) is 2.08. The topological polar surface area (TPSA) is 28.0 Å².